The first kappa shape index (κ1) is 30.2. The third-order valence-corrected chi connectivity index (χ3v) is 9.27. The summed E-state index contributed by atoms with van der Waals surface area (Å²) in [7, 11) is 0. The number of hydrogen-bond acceptors (Lipinski definition) is 7. The molecule has 1 atom stereocenters. The van der Waals surface area contributed by atoms with E-state index in [2.05, 4.69) is 45.5 Å². The van der Waals surface area contributed by atoms with Crippen molar-refractivity contribution in [2.24, 2.45) is 0 Å². The van der Waals surface area contributed by atoms with Crippen molar-refractivity contribution >= 4 is 39.8 Å². The average Bonchev–Trinajstić information content (AvgIpc) is 3.06. The van der Waals surface area contributed by atoms with E-state index in [1.165, 1.54) is 25.3 Å². The van der Waals surface area contributed by atoms with E-state index in [1.54, 1.807) is 4.90 Å². The molecule has 0 radical (unpaired) electrons. The lowest BCUT2D eigenvalue weighted by Crippen LogP contribution is -2.56. The summed E-state index contributed by atoms with van der Waals surface area (Å²) < 4.78 is 12.2. The van der Waals surface area contributed by atoms with Gasteiger partial charge in [0, 0.05) is 42.8 Å². The van der Waals surface area contributed by atoms with Gasteiger partial charge in [-0.3, -0.25) is 4.79 Å². The molecule has 2 aromatic carbocycles. The smallest absolute Gasteiger partial charge is 0.318 e. The summed E-state index contributed by atoms with van der Waals surface area (Å²) in [6.07, 6.45) is 8.34. The molecule has 3 aliphatic rings. The zero-order valence-corrected chi connectivity index (χ0v) is 25.8. The summed E-state index contributed by atoms with van der Waals surface area (Å²) >= 11 is 6.70. The number of benzene rings is 2. The van der Waals surface area contributed by atoms with Crippen LogP contribution in [-0.2, 0) is 22.5 Å². The third kappa shape index (κ3) is 6.47. The molecule has 3 aromatic rings. The summed E-state index contributed by atoms with van der Waals surface area (Å²) in [6, 6.07) is 12.3. The van der Waals surface area contributed by atoms with Crippen LogP contribution in [0.3, 0.4) is 0 Å². The first-order valence-electron chi connectivity index (χ1n) is 15.6. The first-order chi connectivity index (χ1) is 21.6. The van der Waals surface area contributed by atoms with Crippen molar-refractivity contribution in [3.05, 3.63) is 76.8 Å². The molecule has 44 heavy (non-hydrogen) atoms. The Labute approximate surface area is 264 Å². The van der Waals surface area contributed by atoms with Gasteiger partial charge in [0.2, 0.25) is 12.5 Å². The molecule has 1 aromatic heterocycles. The molecule has 0 N–H and O–H groups in total. The highest BCUT2D eigenvalue weighted by Gasteiger charge is 2.35. The van der Waals surface area contributed by atoms with Crippen molar-refractivity contribution in [2.45, 2.75) is 57.2 Å². The number of halogens is 1. The highest BCUT2D eigenvalue weighted by Crippen LogP contribution is 2.37. The number of anilines is 2. The van der Waals surface area contributed by atoms with E-state index < -0.39 is 0 Å². The van der Waals surface area contributed by atoms with Crippen LogP contribution in [0.25, 0.3) is 15.6 Å². The highest BCUT2D eigenvalue weighted by molar-refractivity contribution is 6.36. The molecule has 3 heterocycles. The molecule has 10 heteroatoms. The van der Waals surface area contributed by atoms with Crippen LogP contribution < -0.4 is 14.5 Å². The molecule has 0 bridgehead atoms. The predicted molar refractivity (Wildman–Crippen MR) is 173 cm³/mol. The largest absolute Gasteiger partial charge is 0.461 e. The Morgan fingerprint density at radius 3 is 2.68 bits per heavy atom. The first-order valence-corrected chi connectivity index (χ1v) is 16.0. The van der Waals surface area contributed by atoms with Crippen molar-refractivity contribution in [2.75, 3.05) is 55.7 Å². The van der Waals surface area contributed by atoms with Gasteiger partial charge in [-0.05, 0) is 42.9 Å². The number of aromatic nitrogens is 2. The van der Waals surface area contributed by atoms with Crippen LogP contribution in [0.5, 0.6) is 6.01 Å². The maximum atomic E-state index is 12.5. The van der Waals surface area contributed by atoms with Crippen molar-refractivity contribution in [1.29, 1.82) is 0 Å². The van der Waals surface area contributed by atoms with Gasteiger partial charge in [-0.2, -0.15) is 9.97 Å². The molecule has 2 fully saturated rings. The number of nitrogens with zero attached hydrogens (tertiary/aromatic N) is 6. The fourth-order valence-corrected chi connectivity index (χ4v) is 7.03. The molecule has 1 aliphatic carbocycles. The van der Waals surface area contributed by atoms with E-state index in [9.17, 15) is 4.79 Å². The van der Waals surface area contributed by atoms with Crippen LogP contribution in [-0.4, -0.2) is 78.9 Å². The Morgan fingerprint density at radius 1 is 1.07 bits per heavy atom. The maximum Gasteiger partial charge on any atom is 0.318 e. The fourth-order valence-electron chi connectivity index (χ4n) is 6.76. The Balaban J connectivity index is 1.28. The molecule has 0 spiro atoms. The van der Waals surface area contributed by atoms with Crippen molar-refractivity contribution < 1.29 is 14.3 Å². The van der Waals surface area contributed by atoms with Gasteiger partial charge in [0.05, 0.1) is 30.0 Å². The lowest BCUT2D eigenvalue weighted by atomic mass is 9.98. The summed E-state index contributed by atoms with van der Waals surface area (Å²) in [5.74, 6) is 0.684. The summed E-state index contributed by atoms with van der Waals surface area (Å²) in [5, 5.41) is 2.87. The van der Waals surface area contributed by atoms with Crippen LogP contribution in [0.4, 0.5) is 11.5 Å². The number of piperazine rings is 1. The Bertz CT molecular complexity index is 1550. The molecule has 230 valence electrons. The lowest BCUT2D eigenvalue weighted by molar-refractivity contribution is -0.128. The van der Waals surface area contributed by atoms with Gasteiger partial charge in [-0.1, -0.05) is 61.7 Å². The third-order valence-electron chi connectivity index (χ3n) is 8.96. The van der Waals surface area contributed by atoms with Crippen LogP contribution in [0.2, 0.25) is 5.02 Å². The van der Waals surface area contributed by atoms with Crippen LogP contribution in [0.15, 0.2) is 49.1 Å². The van der Waals surface area contributed by atoms with E-state index in [0.29, 0.717) is 51.5 Å². The second-order valence-corrected chi connectivity index (χ2v) is 12.1. The topological polar surface area (TPSA) is 75.4 Å². The molecule has 9 nitrogen and oxygen atoms in total. The number of amides is 1. The Morgan fingerprint density at radius 2 is 1.89 bits per heavy atom. The minimum Gasteiger partial charge on any atom is -0.461 e. The van der Waals surface area contributed by atoms with Crippen molar-refractivity contribution in [3.8, 4) is 6.01 Å². The summed E-state index contributed by atoms with van der Waals surface area (Å²) in [5.41, 5.74) is 3.08. The van der Waals surface area contributed by atoms with Crippen LogP contribution >= 0.6 is 11.6 Å². The molecule has 1 saturated heterocycles. The van der Waals surface area contributed by atoms with E-state index in [4.69, 9.17) is 37.6 Å². The van der Waals surface area contributed by atoms with E-state index >= 15 is 0 Å². The Kier molecular flexibility index (Phi) is 9.48. The van der Waals surface area contributed by atoms with Crippen molar-refractivity contribution in [3.63, 3.8) is 0 Å². The number of ether oxygens (including phenoxy) is 2. The number of hydrogen-bond donors (Lipinski definition) is 0. The predicted octanol–water partition coefficient (Wildman–Crippen LogP) is 5.70. The maximum absolute atomic E-state index is 12.5. The molecule has 6 rings (SSSR count). The minimum atomic E-state index is -0.247. The van der Waals surface area contributed by atoms with Gasteiger partial charge in [0.25, 0.3) is 0 Å². The van der Waals surface area contributed by atoms with Gasteiger partial charge >= 0.3 is 6.01 Å². The number of carbonyl (C=O) groups excluding carboxylic acids is 1. The zero-order chi connectivity index (χ0) is 30.5. The second kappa shape index (κ2) is 13.8. The second-order valence-electron chi connectivity index (χ2n) is 11.7. The van der Waals surface area contributed by atoms with E-state index in [1.807, 2.05) is 12.1 Å². The monoisotopic (exact) mass is 614 g/mol. The van der Waals surface area contributed by atoms with Gasteiger partial charge in [-0.15, -0.1) is 0 Å². The standard InChI is InChI=1S/C34H39ClN6O3/c1-3-31(42)41-18-17-40(22-25(41)21-36-2)33-27-15-16-39(30-14-8-10-24-9-7-13-28(35)32(24)30)23-29(27)37-34(38-33)44-20-19-43-26-11-5-4-6-12-26/h3,7-10,13-14,25-26H,1,4-6,11-12,15-23H2/t25-/m0/s1. The van der Waals surface area contributed by atoms with Gasteiger partial charge < -0.3 is 29.0 Å². The molecular weight excluding hydrogens is 576 g/mol. The number of fused-ring (bicyclic) bond motifs is 2. The van der Waals surface area contributed by atoms with Gasteiger partial charge in [0.15, 0.2) is 0 Å². The molecule has 2 aliphatic heterocycles. The van der Waals surface area contributed by atoms with Gasteiger partial charge in [-0.25, -0.2) is 6.57 Å². The van der Waals surface area contributed by atoms with Crippen LogP contribution in [0.1, 0.15) is 43.4 Å². The average molecular weight is 615 g/mol. The zero-order valence-electron chi connectivity index (χ0n) is 25.1. The molecule has 1 amide bonds. The molecule has 1 saturated carbocycles. The SMILES string of the molecule is [C-]#[N+]C[C@H]1CN(c2nc(OCCOC3CCCCC3)nc3c2CCN(c2cccc4cccc(Cl)c24)C3)CCN1C(=O)C=C. The summed E-state index contributed by atoms with van der Waals surface area (Å²) in [6.45, 7) is 15.2. The normalized spacial score (nSPS) is 19.0. The number of carbonyl (C=O) groups is 1. The lowest BCUT2D eigenvalue weighted by Gasteiger charge is -2.41. The minimum absolute atomic E-state index is 0.144. The number of rotatable bonds is 9. The fraction of sp³-hybridized carbons (Fsp3) is 0.471. The van der Waals surface area contributed by atoms with Gasteiger partial charge in [0.1, 0.15) is 18.5 Å². The highest BCUT2D eigenvalue weighted by atomic mass is 35.5. The quantitative estimate of drug-likeness (QED) is 0.174. The van der Waals surface area contributed by atoms with E-state index in [-0.39, 0.29) is 18.5 Å². The van der Waals surface area contributed by atoms with Crippen LogP contribution in [0, 0.1) is 6.57 Å². The summed E-state index contributed by atoms with van der Waals surface area (Å²) in [4.78, 5) is 32.3. The Hall–Kier alpha value is -3.87. The molecular formula is C34H39ClN6O3. The van der Waals surface area contributed by atoms with Crippen molar-refractivity contribution in [1.82, 2.24) is 14.9 Å². The molecule has 0 unspecified atom stereocenters. The van der Waals surface area contributed by atoms with E-state index in [0.717, 1.165) is 64.4 Å².